The Morgan fingerprint density at radius 1 is 0.792 bits per heavy atom. The molecule has 0 atom stereocenters. The van der Waals surface area contributed by atoms with Gasteiger partial charge in [0.2, 0.25) is 0 Å². The minimum atomic E-state index is 0.433. The maximum atomic E-state index is 6.37. The third kappa shape index (κ3) is 2.47. The molecule has 0 unspecified atom stereocenters. The van der Waals surface area contributed by atoms with Crippen LogP contribution >= 0.6 is 22.9 Å². The van der Waals surface area contributed by atoms with Crippen molar-refractivity contribution in [2.75, 3.05) is 3.11 Å². The van der Waals surface area contributed by atoms with Gasteiger partial charge in [-0.2, -0.15) is 0 Å². The lowest BCUT2D eigenvalue weighted by atomic mass is 10.0. The van der Waals surface area contributed by atoms with Crippen LogP contribution in [-0.4, -0.2) is 0 Å². The van der Waals surface area contributed by atoms with Crippen LogP contribution in [0.2, 0.25) is 0 Å². The van der Waals surface area contributed by atoms with Gasteiger partial charge < -0.3 is 4.42 Å². The van der Waals surface area contributed by atoms with Crippen molar-refractivity contribution in [1.82, 2.24) is 0 Å². The number of anilines is 2. The Balaban J connectivity index is 1.98. The Kier molecular flexibility index (Phi) is 3.96. The largest absolute Gasteiger partial charge is 0.454 e. The first-order valence-corrected chi connectivity index (χ1v) is 9.08. The summed E-state index contributed by atoms with van der Waals surface area (Å²) in [5.74, 6) is 0.433. The number of hydrogen-bond donors (Lipinski definition) is 0. The monoisotopic (exact) mass is 427 g/mol. The molecule has 120 valence electrons. The number of fused-ring (bicyclic) bond motifs is 3. The lowest BCUT2D eigenvalue weighted by molar-refractivity contribution is 0.658. The highest BCUT2D eigenvalue weighted by atomic mass is 127. The summed E-state index contributed by atoms with van der Waals surface area (Å²) in [6, 6.07) is 23.1. The van der Waals surface area contributed by atoms with Gasteiger partial charge in [0, 0.05) is 10.8 Å². The maximum Gasteiger partial charge on any atom is 0.159 e. The minimum Gasteiger partial charge on any atom is -0.454 e. The fourth-order valence-electron chi connectivity index (χ4n) is 3.13. The van der Waals surface area contributed by atoms with Crippen molar-refractivity contribution in [3.8, 4) is 0 Å². The quantitative estimate of drug-likeness (QED) is 0.254. The maximum absolute atomic E-state index is 6.37. The molecule has 4 aromatic rings. The molecule has 0 saturated heterocycles. The number of nitrogens with zero attached hydrogens (tertiary/aromatic N) is 1. The molecule has 0 spiro atoms. The van der Waals surface area contributed by atoms with Gasteiger partial charge in [-0.3, -0.25) is 3.11 Å². The van der Waals surface area contributed by atoms with Crippen molar-refractivity contribution in [2.45, 2.75) is 19.8 Å². The van der Waals surface area contributed by atoms with E-state index < -0.39 is 0 Å². The van der Waals surface area contributed by atoms with Crippen LogP contribution < -0.4 is 3.11 Å². The Morgan fingerprint density at radius 3 is 2.17 bits per heavy atom. The second kappa shape index (κ2) is 6.13. The van der Waals surface area contributed by atoms with Gasteiger partial charge in [0.15, 0.2) is 5.58 Å². The number of benzene rings is 3. The lowest BCUT2D eigenvalue weighted by Crippen LogP contribution is -2.00. The molecule has 0 bridgehead atoms. The summed E-state index contributed by atoms with van der Waals surface area (Å²) in [5.41, 5.74) is 5.42. The molecular weight excluding hydrogens is 409 g/mol. The SMILES string of the molecule is CC(C)c1cccc2c1oc1c(N(I)c3ccccc3)cccc12. The third-order valence-electron chi connectivity index (χ3n) is 4.35. The van der Waals surface area contributed by atoms with Crippen LogP contribution in [0.5, 0.6) is 0 Å². The van der Waals surface area contributed by atoms with Gasteiger partial charge in [-0.25, -0.2) is 0 Å². The molecule has 0 saturated carbocycles. The average molecular weight is 427 g/mol. The number of para-hydroxylation sites is 3. The molecule has 0 fully saturated rings. The van der Waals surface area contributed by atoms with E-state index in [9.17, 15) is 0 Å². The Labute approximate surface area is 155 Å². The summed E-state index contributed by atoms with van der Waals surface area (Å²) < 4.78 is 8.52. The standard InChI is InChI=1S/C21H18INO/c1-14(2)16-10-6-11-17-18-12-7-13-19(21(18)24-20(16)17)23(22)15-8-4-3-5-9-15/h3-14H,1-2H3. The highest BCUT2D eigenvalue weighted by molar-refractivity contribution is 14.1. The van der Waals surface area contributed by atoms with Crippen LogP contribution in [0.3, 0.4) is 0 Å². The summed E-state index contributed by atoms with van der Waals surface area (Å²) in [5, 5.41) is 2.36. The van der Waals surface area contributed by atoms with Gasteiger partial charge in [0.05, 0.1) is 34.2 Å². The van der Waals surface area contributed by atoms with E-state index in [0.717, 1.165) is 22.5 Å². The van der Waals surface area contributed by atoms with Crippen molar-refractivity contribution >= 4 is 56.2 Å². The summed E-state index contributed by atoms with van der Waals surface area (Å²) in [6.07, 6.45) is 0. The third-order valence-corrected chi connectivity index (χ3v) is 5.43. The van der Waals surface area contributed by atoms with Crippen molar-refractivity contribution in [3.63, 3.8) is 0 Å². The Hall–Kier alpha value is -2.01. The molecule has 2 nitrogen and oxygen atoms in total. The predicted molar refractivity (Wildman–Crippen MR) is 110 cm³/mol. The Morgan fingerprint density at radius 2 is 1.46 bits per heavy atom. The molecule has 4 rings (SSSR count). The number of rotatable bonds is 3. The van der Waals surface area contributed by atoms with Gasteiger partial charge in [-0.05, 0) is 29.7 Å². The lowest BCUT2D eigenvalue weighted by Gasteiger charge is -2.16. The fourth-order valence-corrected chi connectivity index (χ4v) is 3.84. The highest BCUT2D eigenvalue weighted by Crippen LogP contribution is 2.41. The summed E-state index contributed by atoms with van der Waals surface area (Å²) >= 11 is 2.34. The molecule has 0 aliphatic rings. The zero-order valence-corrected chi connectivity index (χ0v) is 15.8. The average Bonchev–Trinajstić information content (AvgIpc) is 3.00. The van der Waals surface area contributed by atoms with Gasteiger partial charge in [-0.15, -0.1) is 0 Å². The van der Waals surface area contributed by atoms with E-state index >= 15 is 0 Å². The van der Waals surface area contributed by atoms with Crippen molar-refractivity contribution < 1.29 is 4.42 Å². The number of furan rings is 1. The predicted octanol–water partition coefficient (Wildman–Crippen LogP) is 7.20. The molecular formula is C21H18INO. The molecule has 0 amide bonds. The smallest absolute Gasteiger partial charge is 0.159 e. The molecule has 0 N–H and O–H groups in total. The van der Waals surface area contributed by atoms with Gasteiger partial charge in [0.1, 0.15) is 5.58 Å². The van der Waals surface area contributed by atoms with Crippen LogP contribution in [0.15, 0.2) is 71.1 Å². The molecule has 1 aromatic heterocycles. The van der Waals surface area contributed by atoms with Crippen LogP contribution in [0.25, 0.3) is 21.9 Å². The van der Waals surface area contributed by atoms with Crippen LogP contribution in [0.1, 0.15) is 25.3 Å². The molecule has 3 heteroatoms. The second-order valence-corrected chi connectivity index (χ2v) is 7.22. The Bertz CT molecular complexity index is 1000. The fraction of sp³-hybridized carbons (Fsp3) is 0.143. The summed E-state index contributed by atoms with van der Waals surface area (Å²) in [7, 11) is 0. The first-order valence-electron chi connectivity index (χ1n) is 8.12. The molecule has 0 aliphatic carbocycles. The molecule has 0 radical (unpaired) electrons. The van der Waals surface area contributed by atoms with Crippen LogP contribution in [-0.2, 0) is 0 Å². The molecule has 1 heterocycles. The zero-order valence-electron chi connectivity index (χ0n) is 13.7. The van der Waals surface area contributed by atoms with E-state index in [4.69, 9.17) is 4.42 Å². The summed E-state index contributed by atoms with van der Waals surface area (Å²) in [4.78, 5) is 0. The number of halogens is 1. The molecule has 0 aliphatic heterocycles. The van der Waals surface area contributed by atoms with E-state index in [-0.39, 0.29) is 0 Å². The first-order chi connectivity index (χ1) is 11.7. The highest BCUT2D eigenvalue weighted by Gasteiger charge is 2.17. The van der Waals surface area contributed by atoms with E-state index in [0.29, 0.717) is 5.92 Å². The van der Waals surface area contributed by atoms with E-state index in [2.05, 4.69) is 100 Å². The van der Waals surface area contributed by atoms with E-state index in [1.807, 2.05) is 6.07 Å². The van der Waals surface area contributed by atoms with Gasteiger partial charge >= 0.3 is 0 Å². The molecule has 24 heavy (non-hydrogen) atoms. The van der Waals surface area contributed by atoms with Crippen molar-refractivity contribution in [2.24, 2.45) is 0 Å². The van der Waals surface area contributed by atoms with Crippen molar-refractivity contribution in [3.05, 3.63) is 72.3 Å². The minimum absolute atomic E-state index is 0.433. The number of hydrogen-bond acceptors (Lipinski definition) is 2. The first kappa shape index (κ1) is 15.5. The summed E-state index contributed by atoms with van der Waals surface area (Å²) in [6.45, 7) is 4.41. The van der Waals surface area contributed by atoms with Gasteiger partial charge in [-0.1, -0.05) is 62.4 Å². The molecule has 3 aromatic carbocycles. The van der Waals surface area contributed by atoms with Crippen LogP contribution in [0, 0.1) is 0 Å². The van der Waals surface area contributed by atoms with E-state index in [1.165, 1.54) is 16.3 Å². The normalized spacial score (nSPS) is 11.5. The zero-order chi connectivity index (χ0) is 16.7. The topological polar surface area (TPSA) is 16.4 Å². The van der Waals surface area contributed by atoms with E-state index in [1.54, 1.807) is 0 Å². The van der Waals surface area contributed by atoms with Gasteiger partial charge in [0.25, 0.3) is 0 Å². The second-order valence-electron chi connectivity index (χ2n) is 6.25. The van der Waals surface area contributed by atoms with Crippen molar-refractivity contribution in [1.29, 1.82) is 0 Å². The van der Waals surface area contributed by atoms with Crippen LogP contribution in [0.4, 0.5) is 11.4 Å².